The maximum absolute atomic E-state index is 13.8. The zero-order chi connectivity index (χ0) is 14.7. The van der Waals surface area contributed by atoms with Gasteiger partial charge in [-0.1, -0.05) is 12.2 Å². The zero-order valence-corrected chi connectivity index (χ0v) is 13.0. The Morgan fingerprint density at radius 2 is 2.05 bits per heavy atom. The quantitative estimate of drug-likeness (QED) is 0.815. The van der Waals surface area contributed by atoms with Crippen LogP contribution in [-0.2, 0) is 0 Å². The van der Waals surface area contributed by atoms with Crippen molar-refractivity contribution in [2.75, 3.05) is 12.4 Å². The Balaban J connectivity index is 2.30. The molecule has 0 heterocycles. The summed E-state index contributed by atoms with van der Waals surface area (Å²) < 4.78 is 19.8. The van der Waals surface area contributed by atoms with Gasteiger partial charge >= 0.3 is 0 Å². The van der Waals surface area contributed by atoms with E-state index in [1.165, 1.54) is 6.07 Å². The molecule has 2 aromatic carbocycles. The van der Waals surface area contributed by atoms with Crippen LogP contribution in [0.1, 0.15) is 5.56 Å². The lowest BCUT2D eigenvalue weighted by Gasteiger charge is -2.11. The van der Waals surface area contributed by atoms with Crippen molar-refractivity contribution in [2.45, 2.75) is 0 Å². The minimum atomic E-state index is -0.457. The van der Waals surface area contributed by atoms with Crippen LogP contribution in [0.5, 0.6) is 5.75 Å². The molecule has 0 saturated carbocycles. The van der Waals surface area contributed by atoms with E-state index in [1.54, 1.807) is 19.2 Å². The van der Waals surface area contributed by atoms with Gasteiger partial charge in [0.1, 0.15) is 16.6 Å². The third-order valence-corrected chi connectivity index (χ3v) is 3.60. The maximum atomic E-state index is 13.8. The van der Waals surface area contributed by atoms with Crippen LogP contribution >= 0.6 is 28.1 Å². The summed E-state index contributed by atoms with van der Waals surface area (Å²) in [6, 6.07) is 10.1. The first-order valence-corrected chi connectivity index (χ1v) is 6.91. The third-order valence-electron chi connectivity index (χ3n) is 2.69. The fourth-order valence-corrected chi connectivity index (χ4v) is 2.19. The lowest BCUT2D eigenvalue weighted by atomic mass is 10.2. The van der Waals surface area contributed by atoms with E-state index in [1.807, 2.05) is 18.2 Å². The van der Waals surface area contributed by atoms with Gasteiger partial charge in [-0.3, -0.25) is 0 Å². The van der Waals surface area contributed by atoms with E-state index >= 15 is 0 Å². The summed E-state index contributed by atoms with van der Waals surface area (Å²) in [5.41, 5.74) is 7.02. The second-order valence-electron chi connectivity index (χ2n) is 4.03. The zero-order valence-electron chi connectivity index (χ0n) is 10.6. The third kappa shape index (κ3) is 3.26. The molecule has 0 aliphatic heterocycles. The standard InChI is InChI=1S/C14H12BrFN2OS/c1-19-9-3-5-11(15)13(7-9)18-8-2-4-10(14(17)20)12(16)6-8/h2-7,18H,1H3,(H2,17,20). The average molecular weight is 355 g/mol. The molecule has 0 aliphatic rings. The van der Waals surface area contributed by atoms with Gasteiger partial charge in [0, 0.05) is 21.8 Å². The number of hydrogen-bond donors (Lipinski definition) is 2. The van der Waals surface area contributed by atoms with E-state index in [2.05, 4.69) is 21.2 Å². The molecule has 2 aromatic rings. The summed E-state index contributed by atoms with van der Waals surface area (Å²) in [4.78, 5) is 0.0385. The first kappa shape index (κ1) is 14.7. The van der Waals surface area contributed by atoms with Crippen LogP contribution in [0.3, 0.4) is 0 Å². The van der Waals surface area contributed by atoms with E-state index in [0.29, 0.717) is 11.4 Å². The highest BCUT2D eigenvalue weighted by molar-refractivity contribution is 9.10. The fraction of sp³-hybridized carbons (Fsp3) is 0.0714. The smallest absolute Gasteiger partial charge is 0.135 e. The SMILES string of the molecule is COc1ccc(Br)c(Nc2ccc(C(N)=S)c(F)c2)c1. The van der Waals surface area contributed by atoms with Crippen LogP contribution in [0.2, 0.25) is 0 Å². The van der Waals surface area contributed by atoms with E-state index < -0.39 is 5.82 Å². The van der Waals surface area contributed by atoms with Crippen LogP contribution in [0.4, 0.5) is 15.8 Å². The van der Waals surface area contributed by atoms with Crippen LogP contribution in [0.25, 0.3) is 0 Å². The normalized spacial score (nSPS) is 10.2. The number of nitrogens with two attached hydrogens (primary N) is 1. The molecule has 0 radical (unpaired) electrons. The molecule has 0 amide bonds. The second-order valence-corrected chi connectivity index (χ2v) is 5.32. The van der Waals surface area contributed by atoms with Gasteiger partial charge in [0.2, 0.25) is 0 Å². The van der Waals surface area contributed by atoms with Gasteiger partial charge in [0.15, 0.2) is 0 Å². The Kier molecular flexibility index (Phi) is 4.57. The topological polar surface area (TPSA) is 47.3 Å². The summed E-state index contributed by atoms with van der Waals surface area (Å²) in [6.07, 6.45) is 0. The molecule has 3 nitrogen and oxygen atoms in total. The van der Waals surface area contributed by atoms with Crippen molar-refractivity contribution in [3.63, 3.8) is 0 Å². The van der Waals surface area contributed by atoms with Gasteiger partial charge in [-0.2, -0.15) is 0 Å². The van der Waals surface area contributed by atoms with E-state index in [4.69, 9.17) is 22.7 Å². The van der Waals surface area contributed by atoms with Gasteiger partial charge in [-0.25, -0.2) is 4.39 Å². The molecule has 6 heteroatoms. The van der Waals surface area contributed by atoms with E-state index in [-0.39, 0.29) is 10.6 Å². The summed E-state index contributed by atoms with van der Waals surface area (Å²) in [5, 5.41) is 3.10. The molecule has 3 N–H and O–H groups in total. The van der Waals surface area contributed by atoms with E-state index in [0.717, 1.165) is 10.2 Å². The highest BCUT2D eigenvalue weighted by Crippen LogP contribution is 2.30. The number of methoxy groups -OCH3 is 1. The molecule has 0 fully saturated rings. The Labute approximate surface area is 130 Å². The molecule has 0 atom stereocenters. The Morgan fingerprint density at radius 3 is 2.65 bits per heavy atom. The summed E-state index contributed by atoms with van der Waals surface area (Å²) in [7, 11) is 1.59. The van der Waals surface area contributed by atoms with Gasteiger partial charge in [0.05, 0.1) is 12.8 Å². The highest BCUT2D eigenvalue weighted by Gasteiger charge is 2.08. The Hall–Kier alpha value is -1.66. The second kappa shape index (κ2) is 6.19. The van der Waals surface area contributed by atoms with Crippen molar-refractivity contribution in [2.24, 2.45) is 5.73 Å². The van der Waals surface area contributed by atoms with Gasteiger partial charge in [-0.05, 0) is 46.3 Å². The van der Waals surface area contributed by atoms with Crippen molar-refractivity contribution in [1.29, 1.82) is 0 Å². The molecular weight excluding hydrogens is 343 g/mol. The molecule has 0 aliphatic carbocycles. The van der Waals surface area contributed by atoms with Crippen molar-refractivity contribution >= 4 is 44.5 Å². The molecule has 0 aromatic heterocycles. The predicted molar refractivity (Wildman–Crippen MR) is 86.3 cm³/mol. The summed E-state index contributed by atoms with van der Waals surface area (Å²) in [6.45, 7) is 0. The average Bonchev–Trinajstić information content (AvgIpc) is 2.41. The van der Waals surface area contributed by atoms with Crippen LogP contribution < -0.4 is 15.8 Å². The summed E-state index contributed by atoms with van der Waals surface area (Å²) in [5.74, 6) is 0.248. The molecule has 0 saturated heterocycles. The number of ether oxygens (including phenoxy) is 1. The van der Waals surface area contributed by atoms with Crippen LogP contribution in [0.15, 0.2) is 40.9 Å². The van der Waals surface area contributed by atoms with Crippen molar-refractivity contribution < 1.29 is 9.13 Å². The number of hydrogen-bond acceptors (Lipinski definition) is 3. The molecule has 0 spiro atoms. The summed E-state index contributed by atoms with van der Waals surface area (Å²) >= 11 is 8.19. The highest BCUT2D eigenvalue weighted by atomic mass is 79.9. The Morgan fingerprint density at radius 1 is 1.30 bits per heavy atom. The van der Waals surface area contributed by atoms with E-state index in [9.17, 15) is 4.39 Å². The molecule has 0 unspecified atom stereocenters. The molecule has 0 bridgehead atoms. The van der Waals surface area contributed by atoms with Crippen molar-refractivity contribution in [3.05, 3.63) is 52.3 Å². The first-order chi connectivity index (χ1) is 9.51. The van der Waals surface area contributed by atoms with Crippen LogP contribution in [-0.4, -0.2) is 12.1 Å². The molecule has 20 heavy (non-hydrogen) atoms. The van der Waals surface area contributed by atoms with Crippen LogP contribution in [0, 0.1) is 5.82 Å². The number of thiocarbonyl (C=S) groups is 1. The molecule has 2 rings (SSSR count). The number of halogens is 2. The number of rotatable bonds is 4. The first-order valence-electron chi connectivity index (χ1n) is 5.71. The maximum Gasteiger partial charge on any atom is 0.135 e. The molecule has 104 valence electrons. The number of nitrogens with one attached hydrogen (secondary N) is 1. The largest absolute Gasteiger partial charge is 0.497 e. The van der Waals surface area contributed by atoms with Gasteiger partial charge < -0.3 is 15.8 Å². The number of benzene rings is 2. The van der Waals surface area contributed by atoms with Gasteiger partial charge in [0.25, 0.3) is 0 Å². The van der Waals surface area contributed by atoms with Crippen molar-refractivity contribution in [3.8, 4) is 5.75 Å². The predicted octanol–water partition coefficient (Wildman–Crippen LogP) is 3.97. The minimum absolute atomic E-state index is 0.0385. The van der Waals surface area contributed by atoms with Gasteiger partial charge in [-0.15, -0.1) is 0 Å². The monoisotopic (exact) mass is 354 g/mol. The lowest BCUT2D eigenvalue weighted by molar-refractivity contribution is 0.415. The fourth-order valence-electron chi connectivity index (χ4n) is 1.68. The Bertz CT molecular complexity index is 664. The molecular formula is C14H12BrFN2OS. The van der Waals surface area contributed by atoms with Crippen molar-refractivity contribution in [1.82, 2.24) is 0 Å². The minimum Gasteiger partial charge on any atom is -0.497 e. The number of anilines is 2. The lowest BCUT2D eigenvalue weighted by Crippen LogP contribution is -2.11.